The van der Waals surface area contributed by atoms with Crippen LogP contribution in [0.15, 0.2) is 42.6 Å². The van der Waals surface area contributed by atoms with Gasteiger partial charge in [-0.1, -0.05) is 0 Å². The average Bonchev–Trinajstić information content (AvgIpc) is 3.01. The minimum absolute atomic E-state index is 0.0548. The summed E-state index contributed by atoms with van der Waals surface area (Å²) in [6, 6.07) is 4.23. The van der Waals surface area contributed by atoms with Gasteiger partial charge in [0, 0.05) is 20.0 Å². The van der Waals surface area contributed by atoms with Crippen molar-refractivity contribution in [3.8, 4) is 5.69 Å². The van der Waals surface area contributed by atoms with Crippen LogP contribution >= 0.6 is 0 Å². The Kier molecular flexibility index (Phi) is 3.76. The molecule has 0 radical (unpaired) electrons. The number of nitrogens with zero attached hydrogens (tertiary/aromatic N) is 3. The van der Waals surface area contributed by atoms with Gasteiger partial charge < -0.3 is 14.8 Å². The summed E-state index contributed by atoms with van der Waals surface area (Å²) < 4.78 is 25.4. The molecule has 0 aliphatic carbocycles. The second-order valence-electron chi connectivity index (χ2n) is 5.41. The summed E-state index contributed by atoms with van der Waals surface area (Å²) >= 11 is 0. The van der Waals surface area contributed by atoms with Crippen LogP contribution in [0.5, 0.6) is 0 Å². The first-order chi connectivity index (χ1) is 11.4. The number of carbonyl (C=O) groups is 2. The predicted octanol–water partition coefficient (Wildman–Crippen LogP) is 1.54. The molecule has 0 amide bonds. The summed E-state index contributed by atoms with van der Waals surface area (Å²) in [5, 5.41) is 9.92. The van der Waals surface area contributed by atoms with E-state index in [2.05, 4.69) is 15.5 Å². The zero-order chi connectivity index (χ0) is 17.3. The van der Waals surface area contributed by atoms with Crippen LogP contribution in [0.4, 0.5) is 10.1 Å². The molecule has 0 spiro atoms. The summed E-state index contributed by atoms with van der Waals surface area (Å²) in [4.78, 5) is 23.7. The molecular weight excluding hydrogens is 319 g/mol. The minimum Gasteiger partial charge on any atom is -0.419 e. The van der Waals surface area contributed by atoms with Crippen LogP contribution < -0.4 is 5.32 Å². The molecule has 1 aliphatic rings. The molecule has 1 aromatic carbocycles. The van der Waals surface area contributed by atoms with Crippen LogP contribution in [0.25, 0.3) is 5.69 Å². The SMILES string of the molecule is CC1(C)OC(=O)C(=CNc2cc(-n3cnnc3)ccc2F)C(=O)O1. The van der Waals surface area contributed by atoms with E-state index in [-0.39, 0.29) is 11.3 Å². The molecule has 1 saturated heterocycles. The Bertz CT molecular complexity index is 808. The molecule has 1 N–H and O–H groups in total. The molecule has 1 aromatic heterocycles. The Hall–Kier alpha value is -3.23. The molecule has 8 nitrogen and oxygen atoms in total. The van der Waals surface area contributed by atoms with Crippen molar-refractivity contribution in [2.24, 2.45) is 0 Å². The van der Waals surface area contributed by atoms with Crippen LogP contribution in [0.2, 0.25) is 0 Å². The third-order valence-electron chi connectivity index (χ3n) is 3.16. The first-order valence-corrected chi connectivity index (χ1v) is 6.94. The monoisotopic (exact) mass is 332 g/mol. The quantitative estimate of drug-likeness (QED) is 0.517. The van der Waals surface area contributed by atoms with Gasteiger partial charge in [0.2, 0.25) is 0 Å². The number of esters is 2. The fourth-order valence-corrected chi connectivity index (χ4v) is 2.05. The molecule has 2 heterocycles. The highest BCUT2D eigenvalue weighted by Gasteiger charge is 2.38. The van der Waals surface area contributed by atoms with Gasteiger partial charge in [-0.05, 0) is 18.2 Å². The first kappa shape index (κ1) is 15.7. The third-order valence-corrected chi connectivity index (χ3v) is 3.16. The van der Waals surface area contributed by atoms with E-state index in [1.54, 1.807) is 4.57 Å². The van der Waals surface area contributed by atoms with E-state index in [0.29, 0.717) is 5.69 Å². The molecule has 0 atom stereocenters. The lowest BCUT2D eigenvalue weighted by molar-refractivity contribution is -0.222. The summed E-state index contributed by atoms with van der Waals surface area (Å²) in [5.41, 5.74) is 0.291. The lowest BCUT2D eigenvalue weighted by Gasteiger charge is -2.29. The lowest BCUT2D eigenvalue weighted by Crippen LogP contribution is -2.42. The van der Waals surface area contributed by atoms with Gasteiger partial charge in [-0.25, -0.2) is 14.0 Å². The Morgan fingerprint density at radius 2 is 1.79 bits per heavy atom. The molecule has 0 unspecified atom stereocenters. The van der Waals surface area contributed by atoms with E-state index < -0.39 is 23.5 Å². The van der Waals surface area contributed by atoms with Crippen LogP contribution in [0, 0.1) is 5.82 Å². The fourth-order valence-electron chi connectivity index (χ4n) is 2.05. The number of nitrogens with one attached hydrogen (secondary N) is 1. The number of halogens is 1. The fraction of sp³-hybridized carbons (Fsp3) is 0.200. The van der Waals surface area contributed by atoms with E-state index >= 15 is 0 Å². The molecule has 124 valence electrons. The highest BCUT2D eigenvalue weighted by molar-refractivity contribution is 6.15. The molecule has 24 heavy (non-hydrogen) atoms. The maximum atomic E-state index is 13.9. The van der Waals surface area contributed by atoms with Crippen molar-refractivity contribution in [3.05, 3.63) is 48.4 Å². The van der Waals surface area contributed by atoms with Crippen molar-refractivity contribution in [3.63, 3.8) is 0 Å². The van der Waals surface area contributed by atoms with Gasteiger partial charge in [0.05, 0.1) is 11.4 Å². The predicted molar refractivity (Wildman–Crippen MR) is 79.3 cm³/mol. The molecular formula is C15H13FN4O4. The zero-order valence-electron chi connectivity index (χ0n) is 12.8. The van der Waals surface area contributed by atoms with Crippen LogP contribution in [-0.4, -0.2) is 32.5 Å². The largest absolute Gasteiger partial charge is 0.419 e. The number of cyclic esters (lactones) is 2. The number of rotatable bonds is 3. The molecule has 0 bridgehead atoms. The number of ether oxygens (including phenoxy) is 2. The normalized spacial score (nSPS) is 16.4. The third kappa shape index (κ3) is 3.09. The molecule has 1 aliphatic heterocycles. The van der Waals surface area contributed by atoms with Crippen LogP contribution in [-0.2, 0) is 19.1 Å². The number of aromatic nitrogens is 3. The van der Waals surface area contributed by atoms with E-state index in [1.807, 2.05) is 0 Å². The Morgan fingerprint density at radius 1 is 1.17 bits per heavy atom. The van der Waals surface area contributed by atoms with Gasteiger partial charge in [0.15, 0.2) is 5.57 Å². The number of carbonyl (C=O) groups excluding carboxylic acids is 2. The van der Waals surface area contributed by atoms with Crippen molar-refractivity contribution < 1.29 is 23.5 Å². The zero-order valence-corrected chi connectivity index (χ0v) is 12.8. The summed E-state index contributed by atoms with van der Waals surface area (Å²) in [6.07, 6.45) is 3.95. The molecule has 0 saturated carbocycles. The summed E-state index contributed by atoms with van der Waals surface area (Å²) in [7, 11) is 0. The number of anilines is 1. The number of hydrogen-bond acceptors (Lipinski definition) is 7. The molecule has 3 rings (SSSR count). The van der Waals surface area contributed by atoms with Crippen molar-refractivity contribution in [1.29, 1.82) is 0 Å². The van der Waals surface area contributed by atoms with Crippen molar-refractivity contribution in [2.45, 2.75) is 19.6 Å². The topological polar surface area (TPSA) is 95.3 Å². The van der Waals surface area contributed by atoms with E-state index in [1.165, 1.54) is 44.7 Å². The van der Waals surface area contributed by atoms with Crippen LogP contribution in [0.3, 0.4) is 0 Å². The smallest absolute Gasteiger partial charge is 0.350 e. The van der Waals surface area contributed by atoms with Crippen molar-refractivity contribution in [2.75, 3.05) is 5.32 Å². The second-order valence-corrected chi connectivity index (χ2v) is 5.41. The van der Waals surface area contributed by atoms with Crippen molar-refractivity contribution >= 4 is 17.6 Å². The van der Waals surface area contributed by atoms with Crippen molar-refractivity contribution in [1.82, 2.24) is 14.8 Å². The first-order valence-electron chi connectivity index (χ1n) is 6.94. The molecule has 2 aromatic rings. The maximum Gasteiger partial charge on any atom is 0.350 e. The minimum atomic E-state index is -1.33. The van der Waals surface area contributed by atoms with Gasteiger partial charge in [-0.3, -0.25) is 4.57 Å². The van der Waals surface area contributed by atoms with E-state index in [4.69, 9.17) is 9.47 Å². The average molecular weight is 332 g/mol. The maximum absolute atomic E-state index is 13.9. The lowest BCUT2D eigenvalue weighted by atomic mass is 10.2. The molecule has 9 heteroatoms. The van der Waals surface area contributed by atoms with E-state index in [0.717, 1.165) is 6.20 Å². The van der Waals surface area contributed by atoms with Gasteiger partial charge in [0.25, 0.3) is 5.79 Å². The van der Waals surface area contributed by atoms with Gasteiger partial charge >= 0.3 is 11.9 Å². The highest BCUT2D eigenvalue weighted by atomic mass is 19.1. The Balaban J connectivity index is 1.85. The van der Waals surface area contributed by atoms with Gasteiger partial charge in [-0.2, -0.15) is 0 Å². The standard InChI is InChI=1S/C15H13FN4O4/c1-15(2)23-13(21)10(14(22)24-15)6-17-12-5-9(3-4-11(12)16)20-7-18-19-8-20/h3-8,17H,1-2H3. The second kappa shape index (κ2) is 5.76. The van der Waals surface area contributed by atoms with Crippen LogP contribution in [0.1, 0.15) is 13.8 Å². The Morgan fingerprint density at radius 3 is 2.42 bits per heavy atom. The number of hydrogen-bond donors (Lipinski definition) is 1. The summed E-state index contributed by atoms with van der Waals surface area (Å²) in [5.74, 6) is -3.59. The summed E-state index contributed by atoms with van der Waals surface area (Å²) in [6.45, 7) is 2.88. The van der Waals surface area contributed by atoms with Gasteiger partial charge in [-0.15, -0.1) is 10.2 Å². The highest BCUT2D eigenvalue weighted by Crippen LogP contribution is 2.24. The molecule has 1 fully saturated rings. The number of benzene rings is 1. The van der Waals surface area contributed by atoms with Gasteiger partial charge in [0.1, 0.15) is 18.5 Å². The Labute approximate surface area is 135 Å². The van der Waals surface area contributed by atoms with E-state index in [9.17, 15) is 14.0 Å².